The molecule has 0 bridgehead atoms. The van der Waals surface area contributed by atoms with E-state index in [-0.39, 0.29) is 41.3 Å². The molecule has 376 valence electrons. The first-order chi connectivity index (χ1) is 31.3. The smallest absolute Gasteiger partial charge is 0.269 e. The number of carbonyl (C=O) groups excluding carboxylic acids is 4. The van der Waals surface area contributed by atoms with Crippen LogP contribution in [0.25, 0.3) is 0 Å². The van der Waals surface area contributed by atoms with Crippen molar-refractivity contribution < 1.29 is 33.8 Å². The van der Waals surface area contributed by atoms with Crippen LogP contribution in [-0.4, -0.2) is 104 Å². The number of terminal acetylenes is 1. The molecule has 3 amide bonds. The third-order valence-corrected chi connectivity index (χ3v) is 15.5. The monoisotopic (exact) mass is 934 g/mol. The highest BCUT2D eigenvalue weighted by Crippen LogP contribution is 2.64. The molecule has 5 fully saturated rings. The van der Waals surface area contributed by atoms with Crippen molar-refractivity contribution in [2.75, 3.05) is 46.8 Å². The first-order valence-electron chi connectivity index (χ1n) is 24.9. The Hall–Kier alpha value is -2.73. The van der Waals surface area contributed by atoms with Crippen molar-refractivity contribution in [1.29, 1.82) is 0 Å². The molecule has 6 aliphatic rings. The Bertz CT molecular complexity index is 1450. The fraction of sp³-hybridized carbons (Fsp3) is 0.808. The van der Waals surface area contributed by atoms with E-state index in [4.69, 9.17) is 26.7 Å². The molecule has 9 unspecified atom stereocenters. The summed E-state index contributed by atoms with van der Waals surface area (Å²) in [5.74, 6) is 8.78. The lowest BCUT2D eigenvalue weighted by Gasteiger charge is -2.56. The van der Waals surface area contributed by atoms with Crippen LogP contribution in [0.4, 0.5) is 0 Å². The van der Waals surface area contributed by atoms with E-state index in [9.17, 15) is 19.2 Å². The zero-order valence-corrected chi connectivity index (χ0v) is 43.8. The maximum atomic E-state index is 12.6. The van der Waals surface area contributed by atoms with Crippen molar-refractivity contribution >= 4 is 35.8 Å². The highest BCUT2D eigenvalue weighted by Gasteiger charge is 2.56. The summed E-state index contributed by atoms with van der Waals surface area (Å²) in [6.07, 6.45) is 24.9. The maximum Gasteiger partial charge on any atom is 0.269 e. The zero-order valence-electron chi connectivity index (χ0n) is 43.0. The summed E-state index contributed by atoms with van der Waals surface area (Å²) < 4.78 is 10.4. The number of nitrogens with one attached hydrogen (secondary N) is 3. The van der Waals surface area contributed by atoms with Crippen LogP contribution in [0.3, 0.4) is 0 Å². The summed E-state index contributed by atoms with van der Waals surface area (Å²) in [6, 6.07) is -0.263. The molecule has 0 aromatic carbocycles. The van der Waals surface area contributed by atoms with Crippen molar-refractivity contribution in [3.05, 3.63) is 24.4 Å². The van der Waals surface area contributed by atoms with Crippen LogP contribution in [0.1, 0.15) is 159 Å². The highest BCUT2D eigenvalue weighted by atomic mass is 32.2. The number of nitrogens with zero attached hydrogens (tertiary/aromatic N) is 1. The first kappa shape index (κ1) is 62.3. The van der Waals surface area contributed by atoms with Gasteiger partial charge in [0.25, 0.3) is 5.91 Å². The number of fused-ring (bicyclic) bond motifs is 6. The molecule has 4 saturated carbocycles. The Morgan fingerprint density at radius 1 is 1.05 bits per heavy atom. The van der Waals surface area contributed by atoms with Crippen LogP contribution < -0.4 is 21.7 Å². The van der Waals surface area contributed by atoms with Crippen LogP contribution in [0, 0.1) is 53.3 Å². The summed E-state index contributed by atoms with van der Waals surface area (Å²) >= 11 is 1.63. The van der Waals surface area contributed by atoms with Crippen molar-refractivity contribution in [1.82, 2.24) is 20.9 Å². The van der Waals surface area contributed by atoms with Crippen LogP contribution >= 0.6 is 11.8 Å². The average molecular weight is 934 g/mol. The van der Waals surface area contributed by atoms with E-state index in [1.165, 1.54) is 49.8 Å². The van der Waals surface area contributed by atoms with Gasteiger partial charge in [-0.25, -0.2) is 0 Å². The number of aliphatic hydroxyl groups excluding tert-OH is 1. The number of hydrogen-bond acceptors (Lipinski definition) is 10. The minimum absolute atomic E-state index is 0.0708. The van der Waals surface area contributed by atoms with Gasteiger partial charge in [-0.15, -0.1) is 37.3 Å². The molecule has 65 heavy (non-hydrogen) atoms. The summed E-state index contributed by atoms with van der Waals surface area (Å²) in [5.41, 5.74) is 7.20. The molecule has 13 heteroatoms. The number of aliphatic hydroxyl groups is 1. The van der Waals surface area contributed by atoms with Crippen molar-refractivity contribution in [2.24, 2.45) is 46.7 Å². The number of unbranched alkanes of at least 4 members (excludes halogenated alkanes) is 1. The quantitative estimate of drug-likeness (QED) is 0.0267. The van der Waals surface area contributed by atoms with Gasteiger partial charge in [0.1, 0.15) is 29.6 Å². The standard InChI is InChI=1S/C22H36O.C14H23N5O3S.C9H16O2.2C2H6.C2H4.CH4O/c1-22-14-13-19-18-8-3-2-6-16(18)9-11-20(19)21(22)12-10-17(22)7-4-5-15-23;1-4-9(20)17-8(5-15)18-12(21)11-7(2)6-23-14-10(16-3)13(22)19(11)14;1-5-6-7-11-9(2,3)8-10-4;4*1-2/h15-21H,2-14H2,1H3;8,10,14,16H,4-6,15H2,1-3H3,(H,17,20)(H,18,21);1H,6-8H2,2-4H3;2*1-2H3;1-2H2;2H,1H3/t16?,17?,18-,19?,20?,21?,22?;;;;;;/m1....../s1. The normalized spacial score (nSPS) is 28.3. The molecule has 6 N–H and O–H groups in total. The van der Waals surface area contributed by atoms with Crippen LogP contribution in [0.2, 0.25) is 0 Å². The van der Waals surface area contributed by atoms with E-state index in [1.54, 1.807) is 58.5 Å². The van der Waals surface area contributed by atoms with Gasteiger partial charge in [-0.2, -0.15) is 0 Å². The fourth-order valence-electron chi connectivity index (χ4n) is 11.2. The van der Waals surface area contributed by atoms with Crippen molar-refractivity contribution in [3.63, 3.8) is 0 Å². The number of hydrogen-bond donors (Lipinski definition) is 5. The van der Waals surface area contributed by atoms with Gasteiger partial charge in [-0.1, -0.05) is 60.8 Å². The largest absolute Gasteiger partial charge is 0.400 e. The number of likely N-dealkylation sites (N-methyl/N-ethyl adjacent to an activating group) is 1. The van der Waals surface area contributed by atoms with E-state index < -0.39 is 6.17 Å². The third-order valence-electron chi connectivity index (χ3n) is 14.1. The van der Waals surface area contributed by atoms with Gasteiger partial charge in [0.05, 0.1) is 18.8 Å². The Balaban J connectivity index is 0.000000921. The minimum atomic E-state index is -0.653. The van der Waals surface area contributed by atoms with Crippen molar-refractivity contribution in [2.45, 2.75) is 182 Å². The van der Waals surface area contributed by atoms with E-state index in [2.05, 4.69) is 42.0 Å². The zero-order chi connectivity index (χ0) is 49.8. The van der Waals surface area contributed by atoms with Crippen LogP contribution in [0.15, 0.2) is 24.4 Å². The summed E-state index contributed by atoms with van der Waals surface area (Å²) in [6.45, 7) is 25.4. The molecule has 1 saturated heterocycles. The van der Waals surface area contributed by atoms with E-state index in [0.717, 1.165) is 67.3 Å². The van der Waals surface area contributed by atoms with Crippen molar-refractivity contribution in [3.8, 4) is 12.3 Å². The molecule has 0 spiro atoms. The Labute approximate surface area is 401 Å². The lowest BCUT2D eigenvalue weighted by molar-refractivity contribution is -0.145. The molecule has 2 aliphatic heterocycles. The average Bonchev–Trinajstić information content (AvgIpc) is 3.67. The van der Waals surface area contributed by atoms with Crippen LogP contribution in [0.5, 0.6) is 0 Å². The third kappa shape index (κ3) is 17.7. The number of amides is 3. The molecule has 4 aliphatic carbocycles. The molecular weight excluding hydrogens is 839 g/mol. The molecule has 12 nitrogen and oxygen atoms in total. The van der Waals surface area contributed by atoms with Gasteiger partial charge in [0.2, 0.25) is 11.8 Å². The van der Waals surface area contributed by atoms with Gasteiger partial charge in [-0.3, -0.25) is 19.3 Å². The predicted molar refractivity (Wildman–Crippen MR) is 271 cm³/mol. The molecule has 10 atom stereocenters. The second-order valence-corrected chi connectivity index (χ2v) is 19.2. The molecule has 0 aromatic heterocycles. The number of thioether (sulfide) groups is 1. The fourth-order valence-corrected chi connectivity index (χ4v) is 12.6. The minimum Gasteiger partial charge on any atom is -0.400 e. The highest BCUT2D eigenvalue weighted by molar-refractivity contribution is 8.00. The molecule has 0 aromatic rings. The number of nitrogens with two attached hydrogens (primary N) is 1. The lowest BCUT2D eigenvalue weighted by atomic mass is 9.49. The number of carbonyl (C=O) groups is 4. The number of ether oxygens (including phenoxy) is 2. The topological polar surface area (TPSA) is 172 Å². The van der Waals surface area contributed by atoms with Gasteiger partial charge < -0.3 is 41.1 Å². The van der Waals surface area contributed by atoms with E-state index >= 15 is 0 Å². The van der Waals surface area contributed by atoms with Gasteiger partial charge in [-0.05, 0) is 132 Å². The maximum absolute atomic E-state index is 12.6. The Kier molecular flexibility index (Phi) is 32.3. The van der Waals surface area contributed by atoms with Gasteiger partial charge in [0, 0.05) is 45.8 Å². The molecule has 6 rings (SSSR count). The van der Waals surface area contributed by atoms with E-state index in [1.807, 2.05) is 48.5 Å². The van der Waals surface area contributed by atoms with E-state index in [0.29, 0.717) is 42.9 Å². The molecule has 0 radical (unpaired) electrons. The van der Waals surface area contributed by atoms with Gasteiger partial charge in [0.15, 0.2) is 0 Å². The second-order valence-electron chi connectivity index (χ2n) is 18.1. The van der Waals surface area contributed by atoms with Crippen LogP contribution in [-0.2, 0) is 28.7 Å². The number of rotatable bonds is 15. The summed E-state index contributed by atoms with van der Waals surface area (Å²) in [7, 11) is 4.39. The first-order valence-corrected chi connectivity index (χ1v) is 25.9. The number of β-lactam (4-membered cyclic amide) rings is 1. The SMILES string of the molecule is C#CCCOC(C)(C)COC.C=C.CC.CC.CC12CCC3C(CCC4CCCC[C@H]43)C1CCC2CCCC=O.CCC(=O)NC(CN)NC(=O)C1=C(C)CSC2C(NC)C(=O)N12.CO. The Morgan fingerprint density at radius 3 is 2.29 bits per heavy atom. The number of methoxy groups -OCH3 is 1. The Morgan fingerprint density at radius 2 is 1.71 bits per heavy atom. The summed E-state index contributed by atoms with van der Waals surface area (Å²) in [4.78, 5) is 48.4. The molecular formula is C52H95N5O7S. The van der Waals surface area contributed by atoms with Gasteiger partial charge >= 0.3 is 0 Å². The molecule has 2 heterocycles. The number of aldehydes is 1. The lowest BCUT2D eigenvalue weighted by Crippen LogP contribution is -2.70. The second kappa shape index (κ2) is 33.7. The predicted octanol–water partition coefficient (Wildman–Crippen LogP) is 8.62. The summed E-state index contributed by atoms with van der Waals surface area (Å²) in [5, 5.41) is 15.2.